The van der Waals surface area contributed by atoms with E-state index in [1.54, 1.807) is 6.92 Å². The van der Waals surface area contributed by atoms with Crippen LogP contribution in [0.2, 0.25) is 0 Å². The smallest absolute Gasteiger partial charge is 0.148 e. The van der Waals surface area contributed by atoms with Gasteiger partial charge in [-0.15, -0.1) is 0 Å². The van der Waals surface area contributed by atoms with Crippen LogP contribution in [0.5, 0.6) is 0 Å². The van der Waals surface area contributed by atoms with Crippen molar-refractivity contribution in [2.24, 2.45) is 0 Å². The summed E-state index contributed by atoms with van der Waals surface area (Å²) in [6.07, 6.45) is 0.556. The van der Waals surface area contributed by atoms with Crippen molar-refractivity contribution in [1.82, 2.24) is 5.32 Å². The highest BCUT2D eigenvalue weighted by molar-refractivity contribution is 9.10. The lowest BCUT2D eigenvalue weighted by Gasteiger charge is -2.17. The summed E-state index contributed by atoms with van der Waals surface area (Å²) in [7, 11) is -2.99. The zero-order chi connectivity index (χ0) is 13.8. The summed E-state index contributed by atoms with van der Waals surface area (Å²) in [6.45, 7) is 2.11. The second-order valence-electron chi connectivity index (χ2n) is 4.47. The minimum Gasteiger partial charge on any atom is -0.387 e. The molecule has 0 aliphatic carbocycles. The zero-order valence-electron chi connectivity index (χ0n) is 10.4. The monoisotopic (exact) mass is 335 g/mol. The minimum atomic E-state index is -2.99. The fourth-order valence-corrected chi connectivity index (χ4v) is 3.10. The topological polar surface area (TPSA) is 66.4 Å². The number of sulfone groups is 1. The van der Waals surface area contributed by atoms with Gasteiger partial charge in [0.2, 0.25) is 0 Å². The van der Waals surface area contributed by atoms with Crippen LogP contribution in [0.25, 0.3) is 0 Å². The van der Waals surface area contributed by atoms with Gasteiger partial charge in [-0.25, -0.2) is 8.42 Å². The Hall–Kier alpha value is -0.430. The third kappa shape index (κ3) is 5.95. The lowest BCUT2D eigenvalue weighted by atomic mass is 10.1. The quantitative estimate of drug-likeness (QED) is 0.826. The van der Waals surface area contributed by atoms with Crippen molar-refractivity contribution in [1.29, 1.82) is 0 Å². The van der Waals surface area contributed by atoms with Gasteiger partial charge in [-0.2, -0.15) is 0 Å². The Balaban J connectivity index is 2.49. The highest BCUT2D eigenvalue weighted by atomic mass is 79.9. The Morgan fingerprint density at radius 3 is 2.67 bits per heavy atom. The minimum absolute atomic E-state index is 0.0677. The number of rotatable bonds is 6. The predicted molar refractivity (Wildman–Crippen MR) is 76.3 cm³/mol. The Labute approximate surface area is 116 Å². The first-order valence-electron chi connectivity index (χ1n) is 5.62. The molecular formula is C12H18BrNO3S. The highest BCUT2D eigenvalue weighted by Gasteiger charge is 2.13. The Morgan fingerprint density at radius 1 is 1.44 bits per heavy atom. The fourth-order valence-electron chi connectivity index (χ4n) is 1.66. The van der Waals surface area contributed by atoms with Crippen molar-refractivity contribution in [3.05, 3.63) is 34.3 Å². The molecule has 1 rings (SSSR count). The van der Waals surface area contributed by atoms with Crippen LogP contribution in [0.4, 0.5) is 0 Å². The summed E-state index contributed by atoms with van der Waals surface area (Å²) in [4.78, 5) is 0. The molecule has 0 radical (unpaired) electrons. The van der Waals surface area contributed by atoms with Crippen LogP contribution >= 0.6 is 15.9 Å². The SMILES string of the molecule is CC(CS(C)(=O)=O)NCC(O)c1cccc(Br)c1. The van der Waals surface area contributed by atoms with Gasteiger partial charge < -0.3 is 10.4 Å². The van der Waals surface area contributed by atoms with Gasteiger partial charge in [0, 0.05) is 23.3 Å². The number of hydrogen-bond acceptors (Lipinski definition) is 4. The lowest BCUT2D eigenvalue weighted by molar-refractivity contribution is 0.171. The highest BCUT2D eigenvalue weighted by Crippen LogP contribution is 2.17. The molecule has 0 fully saturated rings. The summed E-state index contributed by atoms with van der Waals surface area (Å²) in [5.41, 5.74) is 0.795. The van der Waals surface area contributed by atoms with E-state index in [-0.39, 0.29) is 11.8 Å². The maximum atomic E-state index is 11.1. The van der Waals surface area contributed by atoms with Crippen LogP contribution in [0.15, 0.2) is 28.7 Å². The zero-order valence-corrected chi connectivity index (χ0v) is 12.8. The molecule has 0 saturated heterocycles. The molecule has 0 spiro atoms. The molecule has 0 heterocycles. The molecule has 102 valence electrons. The summed E-state index contributed by atoms with van der Waals surface area (Å²) >= 11 is 3.34. The fraction of sp³-hybridized carbons (Fsp3) is 0.500. The summed E-state index contributed by atoms with van der Waals surface area (Å²) < 4.78 is 23.1. The second kappa shape index (κ2) is 6.65. The molecule has 1 aromatic rings. The number of nitrogens with one attached hydrogen (secondary N) is 1. The molecule has 4 nitrogen and oxygen atoms in total. The van der Waals surface area contributed by atoms with Crippen molar-refractivity contribution in [3.8, 4) is 0 Å². The van der Waals surface area contributed by atoms with E-state index < -0.39 is 15.9 Å². The molecule has 2 N–H and O–H groups in total. The van der Waals surface area contributed by atoms with E-state index in [4.69, 9.17) is 0 Å². The third-order valence-corrected chi connectivity index (χ3v) is 4.04. The van der Waals surface area contributed by atoms with E-state index in [1.165, 1.54) is 6.26 Å². The summed E-state index contributed by atoms with van der Waals surface area (Å²) in [5, 5.41) is 13.0. The van der Waals surface area contributed by atoms with E-state index in [2.05, 4.69) is 21.2 Å². The first-order valence-corrected chi connectivity index (χ1v) is 8.48. The molecule has 0 saturated carbocycles. The predicted octanol–water partition coefficient (Wildman–Crippen LogP) is 1.51. The van der Waals surface area contributed by atoms with Crippen molar-refractivity contribution in [2.45, 2.75) is 19.1 Å². The molecule has 0 aromatic heterocycles. The van der Waals surface area contributed by atoms with Gasteiger partial charge in [-0.1, -0.05) is 28.1 Å². The number of hydrogen-bond donors (Lipinski definition) is 2. The largest absolute Gasteiger partial charge is 0.387 e. The number of aliphatic hydroxyl groups excluding tert-OH is 1. The first kappa shape index (κ1) is 15.6. The molecule has 0 amide bonds. The van der Waals surface area contributed by atoms with Crippen LogP contribution < -0.4 is 5.32 Å². The third-order valence-electron chi connectivity index (χ3n) is 2.45. The van der Waals surface area contributed by atoms with Crippen molar-refractivity contribution in [3.63, 3.8) is 0 Å². The standard InChI is InChI=1S/C12H18BrNO3S/c1-9(8-18(2,16)17)14-7-12(15)10-4-3-5-11(13)6-10/h3-6,9,12,14-15H,7-8H2,1-2H3. The molecule has 2 unspecified atom stereocenters. The van der Waals surface area contributed by atoms with Gasteiger partial charge in [-0.05, 0) is 24.6 Å². The lowest BCUT2D eigenvalue weighted by Crippen LogP contribution is -2.35. The molecule has 6 heteroatoms. The Kier molecular flexibility index (Phi) is 5.78. The summed E-state index contributed by atoms with van der Waals surface area (Å²) in [5.74, 6) is 0.0677. The molecule has 0 bridgehead atoms. The van der Waals surface area contributed by atoms with Crippen LogP contribution in [-0.4, -0.2) is 38.1 Å². The number of halogens is 1. The average Bonchev–Trinajstić information content (AvgIpc) is 2.23. The van der Waals surface area contributed by atoms with E-state index in [0.717, 1.165) is 10.0 Å². The van der Waals surface area contributed by atoms with Crippen molar-refractivity contribution >= 4 is 25.8 Å². The molecule has 18 heavy (non-hydrogen) atoms. The van der Waals surface area contributed by atoms with Crippen LogP contribution in [0.3, 0.4) is 0 Å². The van der Waals surface area contributed by atoms with Gasteiger partial charge in [-0.3, -0.25) is 0 Å². The molecule has 1 aromatic carbocycles. The normalized spacial score (nSPS) is 15.3. The molecule has 0 aliphatic heterocycles. The van der Waals surface area contributed by atoms with Crippen LogP contribution in [-0.2, 0) is 9.84 Å². The van der Waals surface area contributed by atoms with Crippen LogP contribution in [0, 0.1) is 0 Å². The Morgan fingerprint density at radius 2 is 2.11 bits per heavy atom. The maximum Gasteiger partial charge on any atom is 0.148 e. The average molecular weight is 336 g/mol. The first-order chi connectivity index (χ1) is 8.28. The molecule has 2 atom stereocenters. The van der Waals surface area contributed by atoms with Gasteiger partial charge >= 0.3 is 0 Å². The van der Waals surface area contributed by atoms with Gasteiger partial charge in [0.25, 0.3) is 0 Å². The van der Waals surface area contributed by atoms with Gasteiger partial charge in [0.05, 0.1) is 11.9 Å². The van der Waals surface area contributed by atoms with Gasteiger partial charge in [0.1, 0.15) is 9.84 Å². The molecular weight excluding hydrogens is 318 g/mol. The van der Waals surface area contributed by atoms with Crippen molar-refractivity contribution < 1.29 is 13.5 Å². The van der Waals surface area contributed by atoms with Gasteiger partial charge in [0.15, 0.2) is 0 Å². The second-order valence-corrected chi connectivity index (χ2v) is 7.57. The van der Waals surface area contributed by atoms with E-state index in [1.807, 2.05) is 24.3 Å². The number of benzene rings is 1. The van der Waals surface area contributed by atoms with Crippen molar-refractivity contribution in [2.75, 3.05) is 18.6 Å². The molecule has 0 aliphatic rings. The number of aliphatic hydroxyl groups is 1. The van der Waals surface area contributed by atoms with E-state index in [0.29, 0.717) is 6.54 Å². The van der Waals surface area contributed by atoms with E-state index >= 15 is 0 Å². The Bertz CT molecular complexity index is 490. The summed E-state index contributed by atoms with van der Waals surface area (Å²) in [6, 6.07) is 7.23. The van der Waals surface area contributed by atoms with E-state index in [9.17, 15) is 13.5 Å². The van der Waals surface area contributed by atoms with Crippen LogP contribution in [0.1, 0.15) is 18.6 Å². The maximum absolute atomic E-state index is 11.1.